The lowest BCUT2D eigenvalue weighted by atomic mass is 10.2. The first-order valence-corrected chi connectivity index (χ1v) is 12.3. The van der Waals surface area contributed by atoms with Crippen molar-refractivity contribution in [2.45, 2.75) is 17.4 Å². The highest BCUT2D eigenvalue weighted by atomic mass is 35.5. The summed E-state index contributed by atoms with van der Waals surface area (Å²) in [6, 6.07) is 13.6. The summed E-state index contributed by atoms with van der Waals surface area (Å²) in [5.74, 6) is -0.0473. The Morgan fingerprint density at radius 2 is 1.97 bits per heavy atom. The van der Waals surface area contributed by atoms with Crippen LogP contribution in [0, 0.1) is 0 Å². The number of nitrogens with zero attached hydrogens (tertiary/aromatic N) is 3. The molecule has 0 radical (unpaired) electrons. The molecule has 10 heteroatoms. The maximum Gasteiger partial charge on any atom is 0.263 e. The van der Waals surface area contributed by atoms with Crippen LogP contribution < -0.4 is 9.62 Å². The van der Waals surface area contributed by atoms with Crippen LogP contribution >= 0.6 is 22.9 Å². The van der Waals surface area contributed by atoms with Gasteiger partial charge in [-0.15, -0.1) is 11.3 Å². The number of sulfonamides is 1. The lowest BCUT2D eigenvalue weighted by Gasteiger charge is -2.18. The maximum atomic E-state index is 13.2. The summed E-state index contributed by atoms with van der Waals surface area (Å²) in [4.78, 5) is 18.9. The summed E-state index contributed by atoms with van der Waals surface area (Å²) in [6.07, 6.45) is 4.06. The SMILES string of the molecule is O=C1[C@@H](n2ccc3cccc(Cl)c32)CCN1c1ccc(S(=O)(=O)Nc2nccs2)cc1.[HH].[HH]. The molecule has 2 aromatic heterocycles. The third kappa shape index (κ3) is 3.58. The van der Waals surface area contributed by atoms with Gasteiger partial charge in [0.1, 0.15) is 6.04 Å². The van der Waals surface area contributed by atoms with E-state index in [2.05, 4.69) is 9.71 Å². The van der Waals surface area contributed by atoms with Crippen molar-refractivity contribution in [3.63, 3.8) is 0 Å². The molecule has 2 aromatic carbocycles. The highest BCUT2D eigenvalue weighted by Crippen LogP contribution is 2.34. The van der Waals surface area contributed by atoms with Crippen LogP contribution in [0.2, 0.25) is 5.02 Å². The average Bonchev–Trinajstić information content (AvgIpc) is 3.48. The van der Waals surface area contributed by atoms with Crippen LogP contribution in [0.1, 0.15) is 15.3 Å². The number of aromatic nitrogens is 2. The highest BCUT2D eigenvalue weighted by molar-refractivity contribution is 7.93. The molecule has 1 N–H and O–H groups in total. The number of carbonyl (C=O) groups excluding carboxylic acids is 1. The normalized spacial score (nSPS) is 16.9. The highest BCUT2D eigenvalue weighted by Gasteiger charge is 2.34. The van der Waals surface area contributed by atoms with E-state index < -0.39 is 10.0 Å². The molecular formula is C21H21ClN4O3S2. The number of thiazole rings is 1. The van der Waals surface area contributed by atoms with Crippen LogP contribution in [0.5, 0.6) is 0 Å². The minimum atomic E-state index is -3.74. The second-order valence-corrected chi connectivity index (χ2v) is 10.1. The van der Waals surface area contributed by atoms with Gasteiger partial charge < -0.3 is 9.47 Å². The molecule has 1 aliphatic heterocycles. The molecule has 1 saturated heterocycles. The van der Waals surface area contributed by atoms with Crippen molar-refractivity contribution in [1.82, 2.24) is 9.55 Å². The summed E-state index contributed by atoms with van der Waals surface area (Å²) in [7, 11) is -3.74. The zero-order valence-corrected chi connectivity index (χ0v) is 18.5. The number of para-hydroxylation sites is 1. The van der Waals surface area contributed by atoms with E-state index in [1.807, 2.05) is 35.0 Å². The fraction of sp³-hybridized carbons (Fsp3) is 0.143. The van der Waals surface area contributed by atoms with E-state index in [9.17, 15) is 13.2 Å². The maximum absolute atomic E-state index is 13.2. The number of hydrogen-bond donors (Lipinski definition) is 1. The van der Waals surface area contributed by atoms with Gasteiger partial charge >= 0.3 is 0 Å². The topological polar surface area (TPSA) is 84.3 Å². The molecule has 3 heterocycles. The van der Waals surface area contributed by atoms with E-state index >= 15 is 0 Å². The Bertz CT molecular complexity index is 1380. The van der Waals surface area contributed by atoms with Gasteiger partial charge in [-0.25, -0.2) is 13.4 Å². The standard InChI is InChI=1S/C21H17ClN4O3S2.2H2/c22-17-3-1-2-14-8-11-26(19(14)17)18-9-12-25(20(18)27)15-4-6-16(7-5-15)31(28,29)24-21-23-10-13-30-21;;/h1-8,10-11,13,18H,9,12H2,(H,23,24);2*1H/t18-;;/m0../s1. The van der Waals surface area contributed by atoms with Crippen molar-refractivity contribution >= 4 is 60.6 Å². The van der Waals surface area contributed by atoms with Gasteiger partial charge in [0.2, 0.25) is 5.91 Å². The predicted molar refractivity (Wildman–Crippen MR) is 127 cm³/mol. The second-order valence-electron chi connectivity index (χ2n) is 7.13. The van der Waals surface area contributed by atoms with Crippen LogP contribution in [-0.4, -0.2) is 30.4 Å². The fourth-order valence-corrected chi connectivity index (χ4v) is 5.93. The molecule has 0 bridgehead atoms. The molecule has 5 rings (SSSR count). The fourth-order valence-electron chi connectivity index (χ4n) is 3.87. The zero-order chi connectivity index (χ0) is 21.6. The number of nitrogens with one attached hydrogen (secondary N) is 1. The molecule has 0 aliphatic carbocycles. The lowest BCUT2D eigenvalue weighted by Crippen LogP contribution is -2.28. The molecule has 1 fully saturated rings. The first-order chi connectivity index (χ1) is 14.9. The molecule has 7 nitrogen and oxygen atoms in total. The predicted octanol–water partition coefficient (Wildman–Crippen LogP) is 5.02. The largest absolute Gasteiger partial charge is 0.334 e. The molecule has 1 amide bonds. The van der Waals surface area contributed by atoms with E-state index in [4.69, 9.17) is 11.6 Å². The van der Waals surface area contributed by atoms with Gasteiger partial charge in [-0.1, -0.05) is 23.7 Å². The number of amides is 1. The van der Waals surface area contributed by atoms with Crippen LogP contribution in [0.3, 0.4) is 0 Å². The van der Waals surface area contributed by atoms with Crippen molar-refractivity contribution in [2.24, 2.45) is 0 Å². The Labute approximate surface area is 190 Å². The van der Waals surface area contributed by atoms with E-state index in [0.717, 1.165) is 10.9 Å². The first kappa shape index (κ1) is 20.0. The lowest BCUT2D eigenvalue weighted by molar-refractivity contribution is -0.119. The molecule has 1 atom stereocenters. The minimum Gasteiger partial charge on any atom is -0.334 e. The quantitative estimate of drug-likeness (QED) is 0.438. The monoisotopic (exact) mass is 476 g/mol. The van der Waals surface area contributed by atoms with Crippen molar-refractivity contribution in [3.05, 3.63) is 71.3 Å². The molecule has 0 spiro atoms. The van der Waals surface area contributed by atoms with Crippen molar-refractivity contribution < 1.29 is 16.1 Å². The van der Waals surface area contributed by atoms with Gasteiger partial charge in [0.05, 0.1) is 15.4 Å². The molecule has 31 heavy (non-hydrogen) atoms. The van der Waals surface area contributed by atoms with Crippen LogP contribution in [0.15, 0.2) is 71.2 Å². The van der Waals surface area contributed by atoms with Crippen molar-refractivity contribution in [3.8, 4) is 0 Å². The van der Waals surface area contributed by atoms with Gasteiger partial charge in [-0.05, 0) is 42.8 Å². The Morgan fingerprint density at radius 1 is 1.16 bits per heavy atom. The third-order valence-corrected chi connectivity index (χ3v) is 7.79. The van der Waals surface area contributed by atoms with Crippen molar-refractivity contribution in [1.29, 1.82) is 0 Å². The van der Waals surface area contributed by atoms with Gasteiger partial charge in [0.15, 0.2) is 5.13 Å². The van der Waals surface area contributed by atoms with Gasteiger partial charge in [-0.2, -0.15) is 0 Å². The molecule has 1 aliphatic rings. The van der Waals surface area contributed by atoms with Gasteiger partial charge in [0.25, 0.3) is 10.0 Å². The van der Waals surface area contributed by atoms with E-state index in [-0.39, 0.29) is 19.7 Å². The van der Waals surface area contributed by atoms with Crippen LogP contribution in [0.4, 0.5) is 10.8 Å². The number of fused-ring (bicyclic) bond motifs is 1. The van der Waals surface area contributed by atoms with Gasteiger partial charge in [-0.3, -0.25) is 9.52 Å². The first-order valence-electron chi connectivity index (χ1n) is 9.53. The smallest absolute Gasteiger partial charge is 0.263 e. The second kappa shape index (κ2) is 7.67. The number of hydrogen-bond acceptors (Lipinski definition) is 5. The average molecular weight is 477 g/mol. The Balaban J connectivity index is 0.00000153. The molecule has 4 aromatic rings. The number of anilines is 2. The van der Waals surface area contributed by atoms with Crippen LogP contribution in [-0.2, 0) is 14.8 Å². The summed E-state index contributed by atoms with van der Waals surface area (Å²) in [6.45, 7) is 0.539. The van der Waals surface area contributed by atoms with E-state index in [1.54, 1.807) is 22.4 Å². The summed E-state index contributed by atoms with van der Waals surface area (Å²) < 4.78 is 29.4. The number of rotatable bonds is 5. The van der Waals surface area contributed by atoms with Gasteiger partial charge in [0, 0.05) is 38.2 Å². The molecule has 0 saturated carbocycles. The molecule has 162 valence electrons. The minimum absolute atomic E-state index is 0. The number of benzene rings is 2. The molecule has 0 unspecified atom stereocenters. The number of carbonyl (C=O) groups is 1. The Hall–Kier alpha value is -2.88. The van der Waals surface area contributed by atoms with Crippen molar-refractivity contribution in [2.75, 3.05) is 16.2 Å². The third-order valence-electron chi connectivity index (χ3n) is 5.32. The van der Waals surface area contributed by atoms with E-state index in [0.29, 0.717) is 28.8 Å². The summed E-state index contributed by atoms with van der Waals surface area (Å²) in [5.41, 5.74) is 1.50. The molecular weight excluding hydrogens is 456 g/mol. The summed E-state index contributed by atoms with van der Waals surface area (Å²) in [5, 5.41) is 3.59. The van der Waals surface area contributed by atoms with Crippen LogP contribution in [0.25, 0.3) is 10.9 Å². The summed E-state index contributed by atoms with van der Waals surface area (Å²) >= 11 is 7.58. The Kier molecular flexibility index (Phi) is 4.96. The zero-order valence-electron chi connectivity index (χ0n) is 16.1. The number of halogens is 1. The Morgan fingerprint density at radius 3 is 2.71 bits per heavy atom. The van der Waals surface area contributed by atoms with E-state index in [1.165, 1.54) is 29.7 Å².